The Bertz CT molecular complexity index is 703. The number of carbonyl (C=O) groups excluding carboxylic acids is 1. The van der Waals surface area contributed by atoms with Crippen molar-refractivity contribution < 1.29 is 9.18 Å². The Labute approximate surface area is 148 Å². The van der Waals surface area contributed by atoms with Gasteiger partial charge in [-0.25, -0.2) is 4.39 Å². The molecule has 0 unspecified atom stereocenters. The molecule has 0 saturated heterocycles. The summed E-state index contributed by atoms with van der Waals surface area (Å²) in [6.45, 7) is 1.87. The number of hydrogen-bond acceptors (Lipinski definition) is 6. The number of nitrogens with zero attached hydrogens (tertiary/aromatic N) is 2. The highest BCUT2D eigenvalue weighted by atomic mass is 32.2. The minimum absolute atomic E-state index is 0.0433. The van der Waals surface area contributed by atoms with Gasteiger partial charge in [-0.05, 0) is 38.0 Å². The van der Waals surface area contributed by atoms with Crippen LogP contribution in [0.25, 0.3) is 0 Å². The number of nitrogens with one attached hydrogen (secondary N) is 2. The molecule has 5 nitrogen and oxygen atoms in total. The maximum absolute atomic E-state index is 13.2. The minimum Gasteiger partial charge on any atom is -0.352 e. The first-order chi connectivity index (χ1) is 11.6. The van der Waals surface area contributed by atoms with Crippen LogP contribution in [0.3, 0.4) is 0 Å². The fourth-order valence-corrected chi connectivity index (χ4v) is 4.52. The number of rotatable bonds is 6. The summed E-state index contributed by atoms with van der Waals surface area (Å²) in [5.74, 6) is -0.266. The van der Waals surface area contributed by atoms with Gasteiger partial charge in [-0.15, -0.1) is 10.2 Å². The molecule has 0 bridgehead atoms. The van der Waals surface area contributed by atoms with E-state index in [1.54, 1.807) is 12.1 Å². The van der Waals surface area contributed by atoms with Crippen LogP contribution >= 0.6 is 23.1 Å². The lowest BCUT2D eigenvalue weighted by Crippen LogP contribution is -2.37. The Hall–Kier alpha value is -1.67. The van der Waals surface area contributed by atoms with E-state index in [9.17, 15) is 9.18 Å². The fraction of sp³-hybridized carbons (Fsp3) is 0.438. The zero-order valence-electron chi connectivity index (χ0n) is 13.3. The Balaban J connectivity index is 1.54. The van der Waals surface area contributed by atoms with Crippen molar-refractivity contribution in [1.82, 2.24) is 15.5 Å². The van der Waals surface area contributed by atoms with Crippen LogP contribution in [-0.2, 0) is 4.79 Å². The average Bonchev–Trinajstić information content (AvgIpc) is 3.19. The van der Waals surface area contributed by atoms with Gasteiger partial charge in [-0.2, -0.15) is 0 Å². The van der Waals surface area contributed by atoms with Crippen LogP contribution in [0.1, 0.15) is 32.6 Å². The zero-order valence-corrected chi connectivity index (χ0v) is 14.9. The highest BCUT2D eigenvalue weighted by Gasteiger charge is 2.22. The molecule has 0 spiro atoms. The van der Waals surface area contributed by atoms with Gasteiger partial charge in [0.15, 0.2) is 4.34 Å². The SMILES string of the molecule is C[C@@H](Sc1nnc(Nc2cccc(F)c2)s1)C(=O)NC1CCCC1. The highest BCUT2D eigenvalue weighted by Crippen LogP contribution is 2.31. The minimum atomic E-state index is -0.309. The fourth-order valence-electron chi connectivity index (χ4n) is 2.59. The smallest absolute Gasteiger partial charge is 0.233 e. The van der Waals surface area contributed by atoms with Gasteiger partial charge in [-0.3, -0.25) is 4.79 Å². The Kier molecular flexibility index (Phi) is 5.68. The van der Waals surface area contributed by atoms with Crippen molar-refractivity contribution in [3.8, 4) is 0 Å². The summed E-state index contributed by atoms with van der Waals surface area (Å²) >= 11 is 2.74. The summed E-state index contributed by atoms with van der Waals surface area (Å²) in [6, 6.07) is 6.49. The number of amides is 1. The second-order valence-electron chi connectivity index (χ2n) is 5.76. The predicted molar refractivity (Wildman–Crippen MR) is 95.3 cm³/mol. The molecule has 128 valence electrons. The molecule has 0 aliphatic heterocycles. The van der Waals surface area contributed by atoms with Gasteiger partial charge in [0.05, 0.1) is 5.25 Å². The Morgan fingerprint density at radius 3 is 2.92 bits per heavy atom. The van der Waals surface area contributed by atoms with Crippen molar-refractivity contribution in [2.75, 3.05) is 5.32 Å². The highest BCUT2D eigenvalue weighted by molar-refractivity contribution is 8.02. The standard InChI is InChI=1S/C16H19FN4OS2/c1-10(14(22)18-12-6-2-3-7-12)23-16-21-20-15(24-16)19-13-8-4-5-11(17)9-13/h4-5,8-10,12H,2-3,6-7H2,1H3,(H,18,22)(H,19,20)/t10-/m1/s1. The third kappa shape index (κ3) is 4.67. The third-order valence-corrected chi connectivity index (χ3v) is 5.85. The van der Waals surface area contributed by atoms with E-state index in [1.807, 2.05) is 6.92 Å². The quantitative estimate of drug-likeness (QED) is 0.758. The number of benzene rings is 1. The summed E-state index contributed by atoms with van der Waals surface area (Å²) in [7, 11) is 0. The van der Waals surface area contributed by atoms with E-state index in [0.29, 0.717) is 21.2 Å². The number of anilines is 2. The second kappa shape index (κ2) is 7.94. The first-order valence-electron chi connectivity index (χ1n) is 7.93. The first kappa shape index (κ1) is 17.2. The van der Waals surface area contributed by atoms with E-state index in [4.69, 9.17) is 0 Å². The molecule has 2 N–H and O–H groups in total. The predicted octanol–water partition coefficient (Wildman–Crippen LogP) is 3.96. The molecule has 3 rings (SSSR count). The van der Waals surface area contributed by atoms with Crippen molar-refractivity contribution in [2.24, 2.45) is 0 Å². The van der Waals surface area contributed by atoms with Gasteiger partial charge in [-0.1, -0.05) is 42.0 Å². The van der Waals surface area contributed by atoms with Gasteiger partial charge in [0.25, 0.3) is 0 Å². The number of hydrogen-bond donors (Lipinski definition) is 2. The number of carbonyl (C=O) groups is 1. The van der Waals surface area contributed by atoms with Crippen LogP contribution in [0, 0.1) is 5.82 Å². The van der Waals surface area contributed by atoms with Crippen molar-refractivity contribution in [3.05, 3.63) is 30.1 Å². The molecule has 1 aliphatic rings. The number of aromatic nitrogens is 2. The van der Waals surface area contributed by atoms with E-state index in [0.717, 1.165) is 12.8 Å². The lowest BCUT2D eigenvalue weighted by molar-refractivity contribution is -0.120. The Morgan fingerprint density at radius 2 is 2.17 bits per heavy atom. The summed E-state index contributed by atoms with van der Waals surface area (Å²) in [4.78, 5) is 12.2. The summed E-state index contributed by atoms with van der Waals surface area (Å²) in [6.07, 6.45) is 4.53. The van der Waals surface area contributed by atoms with Crippen molar-refractivity contribution >= 4 is 39.8 Å². The molecule has 1 aromatic heterocycles. The molecule has 1 heterocycles. The van der Waals surface area contributed by atoms with E-state index in [2.05, 4.69) is 20.8 Å². The van der Waals surface area contributed by atoms with Crippen molar-refractivity contribution in [1.29, 1.82) is 0 Å². The van der Waals surface area contributed by atoms with Crippen LogP contribution < -0.4 is 10.6 Å². The molecule has 1 saturated carbocycles. The summed E-state index contributed by atoms with van der Waals surface area (Å²) < 4.78 is 13.9. The number of halogens is 1. The normalized spacial score (nSPS) is 16.1. The number of thioether (sulfide) groups is 1. The van der Waals surface area contributed by atoms with Gasteiger partial charge in [0.1, 0.15) is 5.82 Å². The van der Waals surface area contributed by atoms with Gasteiger partial charge >= 0.3 is 0 Å². The molecule has 1 aliphatic carbocycles. The third-order valence-electron chi connectivity index (χ3n) is 3.83. The molecule has 1 fully saturated rings. The summed E-state index contributed by atoms with van der Waals surface area (Å²) in [5, 5.41) is 14.6. The lowest BCUT2D eigenvalue weighted by atomic mass is 10.2. The molecule has 2 aromatic rings. The van der Waals surface area contributed by atoms with Crippen LogP contribution in [0.5, 0.6) is 0 Å². The molecule has 8 heteroatoms. The molecule has 0 radical (unpaired) electrons. The van der Waals surface area contributed by atoms with E-state index in [-0.39, 0.29) is 17.0 Å². The molecular formula is C16H19FN4OS2. The van der Waals surface area contributed by atoms with E-state index in [1.165, 1.54) is 48.1 Å². The average molecular weight is 366 g/mol. The van der Waals surface area contributed by atoms with Crippen LogP contribution in [-0.4, -0.2) is 27.4 Å². The van der Waals surface area contributed by atoms with Crippen LogP contribution in [0.15, 0.2) is 28.6 Å². The molecule has 1 atom stereocenters. The molecule has 1 aromatic carbocycles. The van der Waals surface area contributed by atoms with Crippen LogP contribution in [0.4, 0.5) is 15.2 Å². The van der Waals surface area contributed by atoms with Gasteiger partial charge in [0.2, 0.25) is 11.0 Å². The monoisotopic (exact) mass is 366 g/mol. The van der Waals surface area contributed by atoms with Gasteiger partial charge < -0.3 is 10.6 Å². The van der Waals surface area contributed by atoms with Crippen LogP contribution in [0.2, 0.25) is 0 Å². The molecular weight excluding hydrogens is 347 g/mol. The van der Waals surface area contributed by atoms with Crippen molar-refractivity contribution in [2.45, 2.75) is 48.2 Å². The van der Waals surface area contributed by atoms with Crippen molar-refractivity contribution in [3.63, 3.8) is 0 Å². The van der Waals surface area contributed by atoms with E-state index < -0.39 is 0 Å². The summed E-state index contributed by atoms with van der Waals surface area (Å²) in [5.41, 5.74) is 0.620. The maximum Gasteiger partial charge on any atom is 0.233 e. The largest absolute Gasteiger partial charge is 0.352 e. The molecule has 24 heavy (non-hydrogen) atoms. The zero-order chi connectivity index (χ0) is 16.9. The van der Waals surface area contributed by atoms with E-state index >= 15 is 0 Å². The molecule has 1 amide bonds. The maximum atomic E-state index is 13.2. The lowest BCUT2D eigenvalue weighted by Gasteiger charge is -2.15. The first-order valence-corrected chi connectivity index (χ1v) is 9.63. The Morgan fingerprint density at radius 1 is 1.38 bits per heavy atom. The second-order valence-corrected chi connectivity index (χ2v) is 8.32. The topological polar surface area (TPSA) is 66.9 Å². The van der Waals surface area contributed by atoms with Gasteiger partial charge in [0, 0.05) is 11.7 Å².